The zero-order valence-electron chi connectivity index (χ0n) is 14.4. The van der Waals surface area contributed by atoms with Crippen LogP contribution in [0.1, 0.15) is 24.5 Å². The van der Waals surface area contributed by atoms with Crippen molar-refractivity contribution < 1.29 is 17.9 Å². The molecule has 136 valence electrons. The van der Waals surface area contributed by atoms with Gasteiger partial charge in [0, 0.05) is 5.56 Å². The van der Waals surface area contributed by atoms with Crippen LogP contribution in [0.15, 0.2) is 64.5 Å². The van der Waals surface area contributed by atoms with E-state index in [2.05, 4.69) is 9.71 Å². The van der Waals surface area contributed by atoms with E-state index in [4.69, 9.17) is 4.74 Å². The predicted octanol–water partition coefficient (Wildman–Crippen LogP) is 2.29. The first-order valence-corrected chi connectivity index (χ1v) is 9.86. The second-order valence-corrected chi connectivity index (χ2v) is 7.66. The Bertz CT molecular complexity index is 924. The molecule has 1 atom stereocenters. The number of carbonyl (C=O) groups is 1. The molecule has 6 nitrogen and oxygen atoms in total. The highest BCUT2D eigenvalue weighted by atomic mass is 32.2. The van der Waals surface area contributed by atoms with Crippen LogP contribution in [-0.2, 0) is 26.0 Å². The number of ether oxygens (including phenoxy) is 1. The van der Waals surface area contributed by atoms with Crippen molar-refractivity contribution in [3.63, 3.8) is 0 Å². The Balaban J connectivity index is 1.57. The highest BCUT2D eigenvalue weighted by molar-refractivity contribution is 7.90. The first kappa shape index (κ1) is 18.1. The van der Waals surface area contributed by atoms with Crippen molar-refractivity contribution in [1.29, 1.82) is 0 Å². The minimum atomic E-state index is -3.61. The summed E-state index contributed by atoms with van der Waals surface area (Å²) in [5.41, 5.74) is 1.66. The third-order valence-corrected chi connectivity index (χ3v) is 5.42. The van der Waals surface area contributed by atoms with Gasteiger partial charge < -0.3 is 4.74 Å². The van der Waals surface area contributed by atoms with Crippen molar-refractivity contribution in [3.05, 3.63) is 65.7 Å². The van der Waals surface area contributed by atoms with E-state index in [-0.39, 0.29) is 10.7 Å². The van der Waals surface area contributed by atoms with Gasteiger partial charge in [-0.3, -0.25) is 9.71 Å². The van der Waals surface area contributed by atoms with Crippen LogP contribution in [0.5, 0.6) is 0 Å². The molecule has 0 aliphatic carbocycles. The molecule has 0 bridgehead atoms. The molecule has 0 amide bonds. The zero-order valence-corrected chi connectivity index (χ0v) is 15.2. The van der Waals surface area contributed by atoms with Gasteiger partial charge in [0.25, 0.3) is 10.0 Å². The quantitative estimate of drug-likeness (QED) is 0.623. The second-order valence-electron chi connectivity index (χ2n) is 6.01. The number of esters is 1. The summed E-state index contributed by atoms with van der Waals surface area (Å²) in [6.45, 7) is 1.88. The largest absolute Gasteiger partial charge is 0.464 e. The molecule has 2 aromatic carbocycles. The van der Waals surface area contributed by atoms with Gasteiger partial charge in [0.15, 0.2) is 0 Å². The minimum Gasteiger partial charge on any atom is -0.464 e. The molecule has 1 aliphatic heterocycles. The van der Waals surface area contributed by atoms with Gasteiger partial charge in [0.1, 0.15) is 11.9 Å². The summed E-state index contributed by atoms with van der Waals surface area (Å²) in [4.78, 5) is 16.5. The standard InChI is InChI=1S/C19H20N2O4S/c1-14(19(22)25-13-7-10-15-8-3-2-4-9-15)20-18-16-11-5-6-12-17(16)26(23,24)21-18/h2-6,8-9,11-12,14H,7,10,13H2,1H3,(H,20,21)/t14-/m0/s1. The van der Waals surface area contributed by atoms with Crippen LogP contribution >= 0.6 is 0 Å². The molecule has 1 aliphatic rings. The monoisotopic (exact) mass is 372 g/mol. The van der Waals surface area contributed by atoms with Crippen LogP contribution in [0, 0.1) is 0 Å². The molecule has 0 unspecified atom stereocenters. The Morgan fingerprint density at radius 2 is 1.81 bits per heavy atom. The number of amidine groups is 1. The fourth-order valence-corrected chi connectivity index (χ4v) is 3.93. The Labute approximate surface area is 153 Å². The number of sulfonamides is 1. The van der Waals surface area contributed by atoms with Crippen molar-refractivity contribution in [3.8, 4) is 0 Å². The maximum absolute atomic E-state index is 12.1. The van der Waals surface area contributed by atoms with Crippen LogP contribution in [0.2, 0.25) is 0 Å². The predicted molar refractivity (Wildman–Crippen MR) is 98.5 cm³/mol. The normalized spacial score (nSPS) is 17.3. The Morgan fingerprint density at radius 1 is 1.12 bits per heavy atom. The van der Waals surface area contributed by atoms with Crippen molar-refractivity contribution in [2.45, 2.75) is 30.7 Å². The van der Waals surface area contributed by atoms with E-state index < -0.39 is 22.0 Å². The Hall–Kier alpha value is -2.67. The molecular formula is C19H20N2O4S. The van der Waals surface area contributed by atoms with E-state index in [0.717, 1.165) is 6.42 Å². The SMILES string of the molecule is C[C@H](N=C1NS(=O)(=O)c2ccccc21)C(=O)OCCCc1ccccc1. The third kappa shape index (κ3) is 4.11. The lowest BCUT2D eigenvalue weighted by Crippen LogP contribution is -2.27. The first-order valence-electron chi connectivity index (χ1n) is 8.38. The van der Waals surface area contributed by atoms with Crippen molar-refractivity contribution >= 4 is 21.8 Å². The van der Waals surface area contributed by atoms with Crippen LogP contribution in [-0.4, -0.2) is 32.9 Å². The average molecular weight is 372 g/mol. The van der Waals surface area contributed by atoms with E-state index >= 15 is 0 Å². The van der Waals surface area contributed by atoms with Gasteiger partial charge in [-0.25, -0.2) is 13.2 Å². The minimum absolute atomic E-state index is 0.169. The second kappa shape index (κ2) is 7.70. The molecule has 0 saturated carbocycles. The van der Waals surface area contributed by atoms with E-state index in [0.29, 0.717) is 18.6 Å². The lowest BCUT2D eigenvalue weighted by molar-refractivity contribution is -0.144. The Kier molecular flexibility index (Phi) is 5.37. The maximum atomic E-state index is 12.1. The molecule has 0 saturated heterocycles. The number of benzene rings is 2. The number of aliphatic imine (C=N–C) groups is 1. The number of rotatable bonds is 6. The molecule has 0 spiro atoms. The molecule has 0 aromatic heterocycles. The molecule has 1 heterocycles. The number of nitrogens with one attached hydrogen (secondary N) is 1. The molecular weight excluding hydrogens is 352 g/mol. The van der Waals surface area contributed by atoms with Gasteiger partial charge in [-0.1, -0.05) is 42.5 Å². The molecule has 7 heteroatoms. The van der Waals surface area contributed by atoms with Gasteiger partial charge in [-0.05, 0) is 37.5 Å². The number of hydrogen-bond acceptors (Lipinski definition) is 5. The summed E-state index contributed by atoms with van der Waals surface area (Å²) < 4.78 is 31.7. The van der Waals surface area contributed by atoms with Crippen molar-refractivity contribution in [2.75, 3.05) is 6.61 Å². The number of fused-ring (bicyclic) bond motifs is 1. The number of aryl methyl sites for hydroxylation is 1. The van der Waals surface area contributed by atoms with E-state index in [9.17, 15) is 13.2 Å². The van der Waals surface area contributed by atoms with Crippen LogP contribution in [0.3, 0.4) is 0 Å². The van der Waals surface area contributed by atoms with E-state index in [1.165, 1.54) is 11.6 Å². The summed E-state index contributed by atoms with van der Waals surface area (Å²) in [7, 11) is -3.61. The fourth-order valence-electron chi connectivity index (χ4n) is 2.69. The molecule has 0 radical (unpaired) electrons. The average Bonchev–Trinajstić information content (AvgIpc) is 2.90. The van der Waals surface area contributed by atoms with Crippen molar-refractivity contribution in [1.82, 2.24) is 4.72 Å². The first-order chi connectivity index (χ1) is 12.5. The summed E-state index contributed by atoms with van der Waals surface area (Å²) in [5, 5.41) is 0. The Morgan fingerprint density at radius 3 is 2.58 bits per heavy atom. The lowest BCUT2D eigenvalue weighted by Gasteiger charge is -2.09. The van der Waals surface area contributed by atoms with Gasteiger partial charge in [-0.2, -0.15) is 0 Å². The highest BCUT2D eigenvalue weighted by Gasteiger charge is 2.31. The van der Waals surface area contributed by atoms with Crippen LogP contribution in [0.25, 0.3) is 0 Å². The van der Waals surface area contributed by atoms with Gasteiger partial charge >= 0.3 is 5.97 Å². The van der Waals surface area contributed by atoms with Gasteiger partial charge in [0.05, 0.1) is 11.5 Å². The highest BCUT2D eigenvalue weighted by Crippen LogP contribution is 2.22. The summed E-state index contributed by atoms with van der Waals surface area (Å²) in [6.07, 6.45) is 1.54. The molecule has 1 N–H and O–H groups in total. The van der Waals surface area contributed by atoms with Gasteiger partial charge in [-0.15, -0.1) is 0 Å². The fraction of sp³-hybridized carbons (Fsp3) is 0.263. The molecule has 26 heavy (non-hydrogen) atoms. The summed E-state index contributed by atoms with van der Waals surface area (Å²) >= 11 is 0. The van der Waals surface area contributed by atoms with Crippen LogP contribution < -0.4 is 4.72 Å². The van der Waals surface area contributed by atoms with Crippen LogP contribution in [0.4, 0.5) is 0 Å². The van der Waals surface area contributed by atoms with E-state index in [1.54, 1.807) is 25.1 Å². The molecule has 0 fully saturated rings. The number of hydrogen-bond donors (Lipinski definition) is 1. The molecule has 2 aromatic rings. The molecule has 3 rings (SSSR count). The maximum Gasteiger partial charge on any atom is 0.330 e. The zero-order chi connectivity index (χ0) is 18.6. The smallest absolute Gasteiger partial charge is 0.330 e. The van der Waals surface area contributed by atoms with E-state index in [1.807, 2.05) is 30.3 Å². The van der Waals surface area contributed by atoms with Gasteiger partial charge in [0.2, 0.25) is 0 Å². The van der Waals surface area contributed by atoms with Crippen molar-refractivity contribution in [2.24, 2.45) is 4.99 Å². The third-order valence-electron chi connectivity index (χ3n) is 4.02. The number of nitrogens with zero attached hydrogens (tertiary/aromatic N) is 1. The summed E-state index contributed by atoms with van der Waals surface area (Å²) in [5.74, 6) is -0.302. The number of carbonyl (C=O) groups excluding carboxylic acids is 1. The summed E-state index contributed by atoms with van der Waals surface area (Å²) in [6, 6.07) is 15.7. The topological polar surface area (TPSA) is 84.8 Å². The lowest BCUT2D eigenvalue weighted by atomic mass is 10.1.